The van der Waals surface area contributed by atoms with Gasteiger partial charge in [-0.1, -0.05) is 42.5 Å². The van der Waals surface area contributed by atoms with Gasteiger partial charge in [-0.05, 0) is 42.0 Å². The van der Waals surface area contributed by atoms with Gasteiger partial charge in [-0.3, -0.25) is 0 Å². The molecule has 2 nitrogen and oxygen atoms in total. The van der Waals surface area contributed by atoms with Crippen LogP contribution in [0.1, 0.15) is 5.56 Å². The van der Waals surface area contributed by atoms with Crippen molar-refractivity contribution in [3.63, 3.8) is 0 Å². The number of benzene rings is 3. The number of hydrogen-bond acceptors (Lipinski definition) is 2. The molecule has 0 aliphatic carbocycles. The lowest BCUT2D eigenvalue weighted by molar-refractivity contribution is 0.282. The second kappa shape index (κ2) is 7.36. The fraction of sp³-hybridized carbons (Fsp3) is 0.100. The summed E-state index contributed by atoms with van der Waals surface area (Å²) >= 11 is 0. The van der Waals surface area contributed by atoms with Gasteiger partial charge in [0.15, 0.2) is 15.5 Å². The van der Waals surface area contributed by atoms with E-state index in [-0.39, 0.29) is 17.5 Å². The van der Waals surface area contributed by atoms with E-state index in [9.17, 15) is 5.11 Å². The second-order valence-electron chi connectivity index (χ2n) is 5.07. The minimum atomic E-state index is -0.243. The molecule has 0 amide bonds. The van der Waals surface area contributed by atoms with E-state index in [0.29, 0.717) is 0 Å². The lowest BCUT2D eigenvalue weighted by atomic mass is 10.2. The zero-order valence-corrected chi connectivity index (χ0v) is 13.8. The molecule has 0 fully saturated rings. The summed E-state index contributed by atoms with van der Waals surface area (Å²) in [5.74, 6) is 0.894. The number of para-hydroxylation sites is 1. The minimum Gasteiger partial charge on any atom is -0.491 e. The Morgan fingerprint density at radius 1 is 0.783 bits per heavy atom. The van der Waals surface area contributed by atoms with Gasteiger partial charge < -0.3 is 9.84 Å². The molecule has 116 valence electrons. The van der Waals surface area contributed by atoms with Crippen molar-refractivity contribution in [1.82, 2.24) is 0 Å². The molecule has 3 heteroatoms. The van der Waals surface area contributed by atoms with Gasteiger partial charge in [-0.25, -0.2) is 0 Å². The number of rotatable bonds is 5. The fourth-order valence-corrected chi connectivity index (χ4v) is 4.65. The molecule has 0 aliphatic heterocycles. The first-order valence-electron chi connectivity index (χ1n) is 7.45. The third kappa shape index (κ3) is 3.41. The Bertz CT molecular complexity index is 754. The molecule has 0 bridgehead atoms. The van der Waals surface area contributed by atoms with Crippen LogP contribution in [0.3, 0.4) is 0 Å². The van der Waals surface area contributed by atoms with Crippen LogP contribution in [0.25, 0.3) is 0 Å². The fourth-order valence-electron chi connectivity index (χ4n) is 2.46. The highest BCUT2D eigenvalue weighted by molar-refractivity contribution is 7.97. The number of ether oxygens (including phenoxy) is 1. The first-order valence-corrected chi connectivity index (χ1v) is 8.68. The predicted molar refractivity (Wildman–Crippen MR) is 94.0 cm³/mol. The van der Waals surface area contributed by atoms with E-state index in [2.05, 4.69) is 42.5 Å². The monoisotopic (exact) mass is 323 g/mol. The molecule has 3 aromatic carbocycles. The number of aliphatic hydroxyl groups excluding tert-OH is 1. The largest absolute Gasteiger partial charge is 0.491 e. The van der Waals surface area contributed by atoms with Crippen LogP contribution in [0.2, 0.25) is 0 Å². The third-order valence-electron chi connectivity index (χ3n) is 3.61. The van der Waals surface area contributed by atoms with E-state index < -0.39 is 0 Å². The van der Waals surface area contributed by atoms with E-state index in [1.807, 2.05) is 36.4 Å². The van der Waals surface area contributed by atoms with E-state index >= 15 is 0 Å². The maximum absolute atomic E-state index is 9.27. The van der Waals surface area contributed by atoms with Crippen molar-refractivity contribution < 1.29 is 9.84 Å². The smallest absolute Gasteiger partial charge is 0.208 e. The molecule has 0 aliphatic rings. The lowest BCUT2D eigenvalue weighted by Gasteiger charge is -2.11. The van der Waals surface area contributed by atoms with Crippen LogP contribution in [-0.2, 0) is 17.5 Å². The molecule has 1 unspecified atom stereocenters. The second-order valence-corrected chi connectivity index (χ2v) is 7.07. The van der Waals surface area contributed by atoms with Gasteiger partial charge in [0.1, 0.15) is 10.9 Å². The van der Waals surface area contributed by atoms with Crippen molar-refractivity contribution in [2.75, 3.05) is 7.11 Å². The molecular formula is C20H19O2S+. The first-order chi connectivity index (χ1) is 11.3. The summed E-state index contributed by atoms with van der Waals surface area (Å²) in [6.45, 7) is 0.0635. The average Bonchev–Trinajstić information content (AvgIpc) is 2.64. The van der Waals surface area contributed by atoms with Gasteiger partial charge >= 0.3 is 0 Å². The summed E-state index contributed by atoms with van der Waals surface area (Å²) in [7, 11) is 1.47. The number of aliphatic hydroxyl groups is 1. The van der Waals surface area contributed by atoms with Gasteiger partial charge in [0.05, 0.1) is 13.7 Å². The minimum absolute atomic E-state index is 0.0635. The molecule has 0 heterocycles. The van der Waals surface area contributed by atoms with E-state index in [1.165, 1.54) is 9.79 Å². The van der Waals surface area contributed by atoms with Gasteiger partial charge in [0.2, 0.25) is 4.90 Å². The van der Waals surface area contributed by atoms with Gasteiger partial charge in [0, 0.05) is 0 Å². The Kier molecular flexibility index (Phi) is 5.01. The third-order valence-corrected chi connectivity index (χ3v) is 5.87. The summed E-state index contributed by atoms with van der Waals surface area (Å²) < 4.78 is 5.58. The molecule has 0 saturated carbocycles. The normalized spacial score (nSPS) is 11.9. The highest BCUT2D eigenvalue weighted by atomic mass is 32.2. The summed E-state index contributed by atoms with van der Waals surface area (Å²) in [5, 5.41) is 9.27. The SMILES string of the molecule is COc1ccccc1[S+](c1ccccc1)c1ccc(CO)cc1. The average molecular weight is 323 g/mol. The lowest BCUT2D eigenvalue weighted by Crippen LogP contribution is -2.06. The van der Waals surface area contributed by atoms with Crippen molar-refractivity contribution in [3.05, 3.63) is 84.4 Å². The Morgan fingerprint density at radius 3 is 2.04 bits per heavy atom. The van der Waals surface area contributed by atoms with Crippen LogP contribution in [0.4, 0.5) is 0 Å². The summed E-state index contributed by atoms with van der Waals surface area (Å²) in [6.07, 6.45) is 0. The summed E-state index contributed by atoms with van der Waals surface area (Å²) in [4.78, 5) is 3.62. The molecule has 23 heavy (non-hydrogen) atoms. The first kappa shape index (κ1) is 15.7. The quantitative estimate of drug-likeness (QED) is 0.710. The van der Waals surface area contributed by atoms with Crippen molar-refractivity contribution in [1.29, 1.82) is 0 Å². The van der Waals surface area contributed by atoms with Gasteiger partial charge in [0.25, 0.3) is 0 Å². The maximum Gasteiger partial charge on any atom is 0.208 e. The van der Waals surface area contributed by atoms with E-state index in [1.54, 1.807) is 7.11 Å². The zero-order chi connectivity index (χ0) is 16.1. The van der Waals surface area contributed by atoms with Crippen molar-refractivity contribution in [2.24, 2.45) is 0 Å². The van der Waals surface area contributed by atoms with Crippen molar-refractivity contribution in [2.45, 2.75) is 21.3 Å². The highest BCUT2D eigenvalue weighted by Crippen LogP contribution is 2.36. The molecule has 0 spiro atoms. The predicted octanol–water partition coefficient (Wildman–Crippen LogP) is 4.28. The highest BCUT2D eigenvalue weighted by Gasteiger charge is 2.31. The summed E-state index contributed by atoms with van der Waals surface area (Å²) in [5.41, 5.74) is 0.922. The maximum atomic E-state index is 9.27. The molecular weight excluding hydrogens is 304 g/mol. The van der Waals surface area contributed by atoms with Crippen LogP contribution in [0.5, 0.6) is 5.75 Å². The van der Waals surface area contributed by atoms with Crippen LogP contribution < -0.4 is 4.74 Å². The molecule has 3 aromatic rings. The standard InChI is InChI=1S/C20H19O2S/c1-22-19-9-5-6-10-20(19)23(17-7-3-2-4-8-17)18-13-11-16(15-21)12-14-18/h2-14,21H,15H2,1H3/q+1. The van der Waals surface area contributed by atoms with Crippen LogP contribution in [0.15, 0.2) is 93.5 Å². The molecule has 0 saturated heterocycles. The Labute approximate surface area is 139 Å². The zero-order valence-electron chi connectivity index (χ0n) is 13.0. The van der Waals surface area contributed by atoms with E-state index in [4.69, 9.17) is 4.74 Å². The molecule has 1 N–H and O–H groups in total. The summed E-state index contributed by atoms with van der Waals surface area (Å²) in [6, 6.07) is 26.7. The van der Waals surface area contributed by atoms with Crippen LogP contribution in [-0.4, -0.2) is 12.2 Å². The molecule has 0 radical (unpaired) electrons. The Hall–Kier alpha value is -2.23. The van der Waals surface area contributed by atoms with Crippen LogP contribution in [0, 0.1) is 0 Å². The van der Waals surface area contributed by atoms with Crippen molar-refractivity contribution in [3.8, 4) is 5.75 Å². The van der Waals surface area contributed by atoms with Gasteiger partial charge in [-0.15, -0.1) is 0 Å². The number of methoxy groups -OCH3 is 1. The molecule has 3 rings (SSSR count). The number of hydrogen-bond donors (Lipinski definition) is 1. The topological polar surface area (TPSA) is 29.5 Å². The van der Waals surface area contributed by atoms with Gasteiger partial charge in [-0.2, -0.15) is 0 Å². The van der Waals surface area contributed by atoms with E-state index in [0.717, 1.165) is 16.2 Å². The van der Waals surface area contributed by atoms with Crippen molar-refractivity contribution >= 4 is 10.9 Å². The van der Waals surface area contributed by atoms with Crippen LogP contribution >= 0.6 is 0 Å². The molecule has 0 aromatic heterocycles. The molecule has 1 atom stereocenters. The Balaban J connectivity index is 2.14. The Morgan fingerprint density at radius 2 is 1.39 bits per heavy atom.